The Kier molecular flexibility index (Phi) is 4.26. The molecule has 1 atom stereocenters. The highest BCUT2D eigenvalue weighted by molar-refractivity contribution is 5.80. The normalized spacial score (nSPS) is 19.5. The first-order valence-electron chi connectivity index (χ1n) is 6.35. The van der Waals surface area contributed by atoms with Gasteiger partial charge in [0.2, 0.25) is 0 Å². The maximum absolute atomic E-state index is 11.8. The Labute approximate surface area is 102 Å². The number of aryl methyl sites for hydroxylation is 1. The number of nitrogens with zero attached hydrogens (tertiary/aromatic N) is 1. The molecule has 0 aromatic carbocycles. The van der Waals surface area contributed by atoms with Crippen molar-refractivity contribution < 1.29 is 9.53 Å². The van der Waals surface area contributed by atoms with E-state index >= 15 is 0 Å². The minimum Gasteiger partial charge on any atom is -0.378 e. The topological polar surface area (TPSA) is 39.2 Å². The van der Waals surface area contributed by atoms with Crippen LogP contribution in [-0.4, -0.2) is 23.5 Å². The first-order chi connectivity index (χ1) is 8.28. The molecular formula is C14H19NO2. The number of Topliss-reactive ketones (excluding diaryl/α,β-unsaturated/α-hetero) is 1. The third kappa shape index (κ3) is 3.63. The van der Waals surface area contributed by atoms with Gasteiger partial charge < -0.3 is 4.74 Å². The van der Waals surface area contributed by atoms with Crippen molar-refractivity contribution in [1.82, 2.24) is 4.98 Å². The van der Waals surface area contributed by atoms with Gasteiger partial charge in [-0.15, -0.1) is 0 Å². The summed E-state index contributed by atoms with van der Waals surface area (Å²) in [5, 5.41) is 0. The molecule has 0 bridgehead atoms. The van der Waals surface area contributed by atoms with Crippen LogP contribution in [0.5, 0.6) is 0 Å². The van der Waals surface area contributed by atoms with Crippen molar-refractivity contribution in [1.29, 1.82) is 0 Å². The monoisotopic (exact) mass is 233 g/mol. The zero-order chi connectivity index (χ0) is 12.1. The van der Waals surface area contributed by atoms with Crippen LogP contribution in [0.1, 0.15) is 37.4 Å². The second-order valence-corrected chi connectivity index (χ2v) is 4.57. The zero-order valence-corrected chi connectivity index (χ0v) is 10.3. The van der Waals surface area contributed by atoms with Crippen LogP contribution >= 0.6 is 0 Å². The average molecular weight is 233 g/mol. The highest BCUT2D eigenvalue weighted by Crippen LogP contribution is 2.16. The fourth-order valence-corrected chi connectivity index (χ4v) is 2.10. The standard InChI is InChI=1S/C14H19NO2/c1-2-11-5-6-12(15-10-11)8-13(16)9-14-4-3-7-17-14/h5-6,10,14H,2-4,7-9H2,1H3. The van der Waals surface area contributed by atoms with Crippen LogP contribution in [0.3, 0.4) is 0 Å². The minimum atomic E-state index is 0.150. The lowest BCUT2D eigenvalue weighted by Crippen LogP contribution is -2.14. The summed E-state index contributed by atoms with van der Waals surface area (Å²) in [5.41, 5.74) is 2.07. The van der Waals surface area contributed by atoms with E-state index in [1.54, 1.807) is 0 Å². The summed E-state index contributed by atoms with van der Waals surface area (Å²) >= 11 is 0. The Balaban J connectivity index is 1.84. The highest BCUT2D eigenvalue weighted by Gasteiger charge is 2.19. The second-order valence-electron chi connectivity index (χ2n) is 4.57. The van der Waals surface area contributed by atoms with Gasteiger partial charge in [-0.05, 0) is 30.9 Å². The van der Waals surface area contributed by atoms with E-state index in [0.717, 1.165) is 31.6 Å². The summed E-state index contributed by atoms with van der Waals surface area (Å²) in [7, 11) is 0. The van der Waals surface area contributed by atoms with Gasteiger partial charge in [0.05, 0.1) is 6.10 Å². The van der Waals surface area contributed by atoms with Gasteiger partial charge in [0.1, 0.15) is 5.78 Å². The maximum atomic E-state index is 11.8. The van der Waals surface area contributed by atoms with Crippen LogP contribution < -0.4 is 0 Å². The number of ketones is 1. The molecule has 2 heterocycles. The molecule has 17 heavy (non-hydrogen) atoms. The molecule has 2 rings (SSSR count). The predicted octanol–water partition coefficient (Wildman–Crippen LogP) is 2.32. The molecule has 0 spiro atoms. The predicted molar refractivity (Wildman–Crippen MR) is 65.9 cm³/mol. The molecular weight excluding hydrogens is 214 g/mol. The van der Waals surface area contributed by atoms with Crippen LogP contribution in [0, 0.1) is 0 Å². The molecule has 1 aliphatic rings. The Hall–Kier alpha value is -1.22. The summed E-state index contributed by atoms with van der Waals surface area (Å²) in [6.45, 7) is 2.90. The van der Waals surface area contributed by atoms with Crippen molar-refractivity contribution in [3.8, 4) is 0 Å². The summed E-state index contributed by atoms with van der Waals surface area (Å²) in [4.78, 5) is 16.1. The van der Waals surface area contributed by atoms with Crippen molar-refractivity contribution in [3.63, 3.8) is 0 Å². The van der Waals surface area contributed by atoms with Crippen LogP contribution in [0.15, 0.2) is 18.3 Å². The van der Waals surface area contributed by atoms with E-state index in [4.69, 9.17) is 4.74 Å². The van der Waals surface area contributed by atoms with E-state index in [9.17, 15) is 4.79 Å². The van der Waals surface area contributed by atoms with Crippen LogP contribution in [0.25, 0.3) is 0 Å². The summed E-state index contributed by atoms with van der Waals surface area (Å²) < 4.78 is 5.46. The first-order valence-corrected chi connectivity index (χ1v) is 6.35. The molecule has 0 radical (unpaired) electrons. The molecule has 0 N–H and O–H groups in total. The second kappa shape index (κ2) is 5.92. The Morgan fingerprint density at radius 3 is 3.00 bits per heavy atom. The fourth-order valence-electron chi connectivity index (χ4n) is 2.10. The molecule has 3 nitrogen and oxygen atoms in total. The van der Waals surface area contributed by atoms with Crippen molar-refractivity contribution in [2.75, 3.05) is 6.61 Å². The number of pyridine rings is 1. The van der Waals surface area contributed by atoms with Gasteiger partial charge in [0.25, 0.3) is 0 Å². The number of ether oxygens (including phenoxy) is 1. The number of hydrogen-bond donors (Lipinski definition) is 0. The largest absolute Gasteiger partial charge is 0.378 e. The van der Waals surface area contributed by atoms with E-state index in [0.29, 0.717) is 12.8 Å². The lowest BCUT2D eigenvalue weighted by atomic mass is 10.1. The molecule has 3 heteroatoms. The summed E-state index contributed by atoms with van der Waals surface area (Å²) in [6.07, 6.45) is 6.07. The van der Waals surface area contributed by atoms with Gasteiger partial charge in [0.15, 0.2) is 0 Å². The van der Waals surface area contributed by atoms with E-state index in [1.807, 2.05) is 18.3 Å². The first kappa shape index (κ1) is 12.2. The third-order valence-electron chi connectivity index (χ3n) is 3.15. The van der Waals surface area contributed by atoms with E-state index in [1.165, 1.54) is 5.56 Å². The average Bonchev–Trinajstić information content (AvgIpc) is 2.82. The Morgan fingerprint density at radius 2 is 2.41 bits per heavy atom. The smallest absolute Gasteiger partial charge is 0.141 e. The van der Waals surface area contributed by atoms with Gasteiger partial charge in [-0.25, -0.2) is 0 Å². The van der Waals surface area contributed by atoms with Crippen LogP contribution in [0.2, 0.25) is 0 Å². The SMILES string of the molecule is CCc1ccc(CC(=O)CC2CCCO2)nc1. The van der Waals surface area contributed by atoms with Gasteiger partial charge in [-0.3, -0.25) is 9.78 Å². The number of carbonyl (C=O) groups is 1. The fraction of sp³-hybridized carbons (Fsp3) is 0.571. The van der Waals surface area contributed by atoms with Gasteiger partial charge in [0, 0.05) is 31.3 Å². The van der Waals surface area contributed by atoms with Crippen molar-refractivity contribution in [3.05, 3.63) is 29.6 Å². The number of aromatic nitrogens is 1. The zero-order valence-electron chi connectivity index (χ0n) is 10.3. The van der Waals surface area contributed by atoms with Crippen LogP contribution in [0.4, 0.5) is 0 Å². The molecule has 1 aromatic rings. The molecule has 1 aliphatic heterocycles. The van der Waals surface area contributed by atoms with Gasteiger partial charge in [-0.2, -0.15) is 0 Å². The summed E-state index contributed by atoms with van der Waals surface area (Å²) in [5.74, 6) is 0.230. The third-order valence-corrected chi connectivity index (χ3v) is 3.15. The van der Waals surface area contributed by atoms with E-state index in [2.05, 4.69) is 11.9 Å². The molecule has 1 aromatic heterocycles. The van der Waals surface area contributed by atoms with Crippen molar-refractivity contribution >= 4 is 5.78 Å². The summed E-state index contributed by atoms with van der Waals surface area (Å²) in [6, 6.07) is 3.99. The minimum absolute atomic E-state index is 0.150. The lowest BCUT2D eigenvalue weighted by molar-refractivity contribution is -0.120. The molecule has 92 valence electrons. The number of hydrogen-bond acceptors (Lipinski definition) is 3. The van der Waals surface area contributed by atoms with Crippen LogP contribution in [-0.2, 0) is 22.4 Å². The highest BCUT2D eigenvalue weighted by atomic mass is 16.5. The van der Waals surface area contributed by atoms with Gasteiger partial charge in [-0.1, -0.05) is 13.0 Å². The molecule has 0 amide bonds. The molecule has 0 aliphatic carbocycles. The Morgan fingerprint density at radius 1 is 1.53 bits per heavy atom. The lowest BCUT2D eigenvalue weighted by Gasteiger charge is -2.07. The molecule has 1 fully saturated rings. The van der Waals surface area contributed by atoms with Crippen molar-refractivity contribution in [2.45, 2.75) is 45.1 Å². The van der Waals surface area contributed by atoms with Gasteiger partial charge >= 0.3 is 0 Å². The van der Waals surface area contributed by atoms with E-state index < -0.39 is 0 Å². The molecule has 1 unspecified atom stereocenters. The maximum Gasteiger partial charge on any atom is 0.141 e. The van der Waals surface area contributed by atoms with Crippen molar-refractivity contribution in [2.24, 2.45) is 0 Å². The Bertz CT molecular complexity index is 366. The number of rotatable bonds is 5. The quantitative estimate of drug-likeness (QED) is 0.783. The number of carbonyl (C=O) groups excluding carboxylic acids is 1. The van der Waals surface area contributed by atoms with E-state index in [-0.39, 0.29) is 11.9 Å². The molecule has 0 saturated carbocycles. The molecule has 1 saturated heterocycles.